The molecule has 0 aliphatic carbocycles. The standard InChI is InChI=1S/C11H15N5S/c1-3-4-5-7-8(6-14-9(7)13-2)10-15-16-11(12)17-10/h5-6H,3-4H2,1-2H3,(H2,12,16)(H,13,14)/b7-5-. The number of aromatic nitrogens is 2. The molecule has 6 heteroatoms. The molecule has 17 heavy (non-hydrogen) atoms. The fraction of sp³-hybridized carbons (Fsp3) is 0.364. The lowest BCUT2D eigenvalue weighted by molar-refractivity contribution is 0.956. The Labute approximate surface area is 104 Å². The second-order valence-corrected chi connectivity index (χ2v) is 4.64. The van der Waals surface area contributed by atoms with Gasteiger partial charge in [0.05, 0.1) is 0 Å². The van der Waals surface area contributed by atoms with Gasteiger partial charge in [0, 0.05) is 24.4 Å². The number of nitrogens with two attached hydrogens (primary N) is 1. The molecular formula is C11H15N5S. The zero-order valence-corrected chi connectivity index (χ0v) is 10.7. The molecule has 1 aromatic rings. The highest BCUT2D eigenvalue weighted by Gasteiger charge is 2.21. The maximum Gasteiger partial charge on any atom is 0.203 e. The molecule has 90 valence electrons. The predicted molar refractivity (Wildman–Crippen MR) is 71.8 cm³/mol. The van der Waals surface area contributed by atoms with Gasteiger partial charge in [-0.25, -0.2) is 0 Å². The third-order valence-electron chi connectivity index (χ3n) is 2.43. The molecule has 5 nitrogen and oxygen atoms in total. The molecule has 0 radical (unpaired) electrons. The highest BCUT2D eigenvalue weighted by Crippen LogP contribution is 2.30. The van der Waals surface area contributed by atoms with Gasteiger partial charge in [-0.2, -0.15) is 0 Å². The van der Waals surface area contributed by atoms with Crippen molar-refractivity contribution >= 4 is 27.9 Å². The van der Waals surface area contributed by atoms with E-state index in [2.05, 4.69) is 33.5 Å². The quantitative estimate of drug-likeness (QED) is 0.856. The molecule has 0 unspecified atom stereocenters. The monoisotopic (exact) mass is 249 g/mol. The largest absolute Gasteiger partial charge is 0.374 e. The van der Waals surface area contributed by atoms with Crippen molar-refractivity contribution in [1.29, 1.82) is 0 Å². The summed E-state index contributed by atoms with van der Waals surface area (Å²) in [7, 11) is 1.77. The van der Waals surface area contributed by atoms with E-state index < -0.39 is 0 Å². The Morgan fingerprint density at radius 3 is 2.94 bits per heavy atom. The third-order valence-corrected chi connectivity index (χ3v) is 3.22. The third kappa shape index (κ3) is 2.36. The van der Waals surface area contributed by atoms with Gasteiger partial charge in [0.25, 0.3) is 0 Å². The first-order valence-corrected chi connectivity index (χ1v) is 6.31. The number of unbranched alkanes of at least 4 members (excludes halogenated alkanes) is 1. The van der Waals surface area contributed by atoms with Crippen molar-refractivity contribution < 1.29 is 0 Å². The maximum atomic E-state index is 5.61. The van der Waals surface area contributed by atoms with Crippen LogP contribution in [0, 0.1) is 0 Å². The lowest BCUT2D eigenvalue weighted by Gasteiger charge is -2.02. The van der Waals surface area contributed by atoms with Crippen LogP contribution >= 0.6 is 11.3 Å². The minimum absolute atomic E-state index is 0.484. The molecule has 0 aromatic carbocycles. The Hall–Kier alpha value is -1.69. The predicted octanol–water partition coefficient (Wildman–Crippen LogP) is 1.82. The van der Waals surface area contributed by atoms with Gasteiger partial charge >= 0.3 is 0 Å². The summed E-state index contributed by atoms with van der Waals surface area (Å²) in [5, 5.41) is 12.4. The molecule has 2 heterocycles. The Morgan fingerprint density at radius 1 is 1.53 bits per heavy atom. The minimum Gasteiger partial charge on any atom is -0.374 e. The maximum absolute atomic E-state index is 5.61. The molecule has 0 spiro atoms. The number of amidine groups is 1. The highest BCUT2D eigenvalue weighted by molar-refractivity contribution is 7.16. The van der Waals surface area contributed by atoms with Crippen molar-refractivity contribution in [3.63, 3.8) is 0 Å². The molecule has 0 fully saturated rings. The summed E-state index contributed by atoms with van der Waals surface area (Å²) in [6, 6.07) is 0. The number of hydrogen-bond donors (Lipinski definition) is 2. The van der Waals surface area contributed by atoms with E-state index in [-0.39, 0.29) is 0 Å². The summed E-state index contributed by atoms with van der Waals surface area (Å²) < 4.78 is 0. The first-order valence-electron chi connectivity index (χ1n) is 5.50. The Bertz CT molecular complexity index is 498. The van der Waals surface area contributed by atoms with Crippen molar-refractivity contribution in [2.24, 2.45) is 4.99 Å². The van der Waals surface area contributed by atoms with Gasteiger partial charge in [0.2, 0.25) is 5.13 Å². The van der Waals surface area contributed by atoms with Crippen LogP contribution in [0.2, 0.25) is 0 Å². The van der Waals surface area contributed by atoms with Gasteiger partial charge in [-0.1, -0.05) is 30.8 Å². The first kappa shape index (κ1) is 11.8. The molecular weight excluding hydrogens is 234 g/mol. The van der Waals surface area contributed by atoms with Crippen LogP contribution in [-0.2, 0) is 0 Å². The van der Waals surface area contributed by atoms with E-state index in [9.17, 15) is 0 Å². The summed E-state index contributed by atoms with van der Waals surface area (Å²) in [5.41, 5.74) is 7.72. The fourth-order valence-corrected chi connectivity index (χ4v) is 2.26. The van der Waals surface area contributed by atoms with Crippen molar-refractivity contribution in [3.8, 4) is 0 Å². The van der Waals surface area contributed by atoms with Gasteiger partial charge in [-0.05, 0) is 6.42 Å². The van der Waals surface area contributed by atoms with E-state index >= 15 is 0 Å². The molecule has 1 aliphatic heterocycles. The van der Waals surface area contributed by atoms with Crippen molar-refractivity contribution in [1.82, 2.24) is 15.5 Å². The smallest absolute Gasteiger partial charge is 0.203 e. The summed E-state index contributed by atoms with van der Waals surface area (Å²) in [5.74, 6) is 0.877. The second kappa shape index (κ2) is 5.09. The summed E-state index contributed by atoms with van der Waals surface area (Å²) in [6.45, 7) is 2.15. The average molecular weight is 249 g/mol. The van der Waals surface area contributed by atoms with Gasteiger partial charge in [-0.15, -0.1) is 10.2 Å². The number of rotatable bonds is 3. The van der Waals surface area contributed by atoms with E-state index in [4.69, 9.17) is 5.73 Å². The van der Waals surface area contributed by atoms with E-state index in [1.807, 2.05) is 6.20 Å². The van der Waals surface area contributed by atoms with E-state index in [1.165, 1.54) is 11.3 Å². The number of nitrogens with zero attached hydrogens (tertiary/aromatic N) is 3. The molecule has 1 aromatic heterocycles. The molecule has 0 atom stereocenters. The Kier molecular flexibility index (Phi) is 3.53. The molecule has 3 N–H and O–H groups in total. The molecule has 0 bridgehead atoms. The summed E-state index contributed by atoms with van der Waals surface area (Å²) in [4.78, 5) is 4.21. The zero-order chi connectivity index (χ0) is 12.3. The highest BCUT2D eigenvalue weighted by atomic mass is 32.1. The molecule has 0 amide bonds. The summed E-state index contributed by atoms with van der Waals surface area (Å²) >= 11 is 1.39. The zero-order valence-electron chi connectivity index (χ0n) is 9.90. The minimum atomic E-state index is 0.484. The lowest BCUT2D eigenvalue weighted by Crippen LogP contribution is -2.12. The molecule has 1 aliphatic rings. The van der Waals surface area contributed by atoms with Crippen molar-refractivity contribution in [3.05, 3.63) is 22.9 Å². The number of aliphatic imine (C=N–C) groups is 1. The summed E-state index contributed by atoms with van der Waals surface area (Å²) in [6.07, 6.45) is 6.20. The first-order chi connectivity index (χ1) is 8.26. The van der Waals surface area contributed by atoms with Crippen LogP contribution in [0.25, 0.3) is 5.57 Å². The second-order valence-electron chi connectivity index (χ2n) is 3.63. The fourth-order valence-electron chi connectivity index (χ4n) is 1.62. The normalized spacial score (nSPS) is 19.8. The lowest BCUT2D eigenvalue weighted by atomic mass is 10.1. The number of nitrogen functional groups attached to an aromatic ring is 1. The average Bonchev–Trinajstić information content (AvgIpc) is 2.91. The van der Waals surface area contributed by atoms with Crippen molar-refractivity contribution in [2.75, 3.05) is 12.8 Å². The van der Waals surface area contributed by atoms with E-state index in [0.717, 1.165) is 34.8 Å². The van der Waals surface area contributed by atoms with Crippen LogP contribution in [0.4, 0.5) is 5.13 Å². The van der Waals surface area contributed by atoms with Crippen molar-refractivity contribution in [2.45, 2.75) is 19.8 Å². The molecule has 2 rings (SSSR count). The number of anilines is 1. The number of nitrogens with one attached hydrogen (secondary N) is 1. The Balaban J connectivity index is 2.34. The van der Waals surface area contributed by atoms with Gasteiger partial charge in [0.1, 0.15) is 5.84 Å². The van der Waals surface area contributed by atoms with Crippen LogP contribution in [-0.4, -0.2) is 23.1 Å². The van der Waals surface area contributed by atoms with Crippen LogP contribution in [0.15, 0.2) is 22.8 Å². The van der Waals surface area contributed by atoms with Crippen LogP contribution in [0.3, 0.4) is 0 Å². The number of allylic oxidation sites excluding steroid dienone is 1. The topological polar surface area (TPSA) is 76.2 Å². The number of hydrogen-bond acceptors (Lipinski definition) is 5. The van der Waals surface area contributed by atoms with E-state index in [0.29, 0.717) is 5.13 Å². The molecule has 0 saturated heterocycles. The van der Waals surface area contributed by atoms with Gasteiger partial charge in [0.15, 0.2) is 5.01 Å². The molecule has 0 saturated carbocycles. The SMILES string of the molecule is CCC/C=C1/C(c2nnc(N)s2)=CNC1=NC. The van der Waals surface area contributed by atoms with Crippen LogP contribution in [0.1, 0.15) is 24.8 Å². The van der Waals surface area contributed by atoms with Crippen LogP contribution < -0.4 is 11.1 Å². The van der Waals surface area contributed by atoms with Gasteiger partial charge in [-0.3, -0.25) is 4.99 Å². The Morgan fingerprint density at radius 2 is 2.35 bits per heavy atom. The van der Waals surface area contributed by atoms with E-state index in [1.54, 1.807) is 7.05 Å². The van der Waals surface area contributed by atoms with Gasteiger partial charge < -0.3 is 11.1 Å². The van der Waals surface area contributed by atoms with Crippen LogP contribution in [0.5, 0.6) is 0 Å².